The molecule has 0 saturated carbocycles. The SMILES string of the molecule is Cc1cc(CN2CCN(C(C)C(=O)Nc3cccc(S(=O)(=O)N(C)C)c3)CC2)no1. The van der Waals surface area contributed by atoms with Crippen molar-refractivity contribution in [2.75, 3.05) is 45.6 Å². The van der Waals surface area contributed by atoms with E-state index in [0.717, 1.165) is 48.5 Å². The van der Waals surface area contributed by atoms with Crippen molar-refractivity contribution in [1.29, 1.82) is 0 Å². The molecule has 1 N–H and O–H groups in total. The van der Waals surface area contributed by atoms with Crippen molar-refractivity contribution in [2.45, 2.75) is 31.3 Å². The van der Waals surface area contributed by atoms with Gasteiger partial charge in [-0.25, -0.2) is 12.7 Å². The van der Waals surface area contributed by atoms with Crippen LogP contribution in [0.4, 0.5) is 5.69 Å². The Bertz CT molecular complexity index is 981. The van der Waals surface area contributed by atoms with Crippen LogP contribution in [0.25, 0.3) is 0 Å². The van der Waals surface area contributed by atoms with Gasteiger partial charge in [0, 0.05) is 58.6 Å². The summed E-state index contributed by atoms with van der Waals surface area (Å²) in [7, 11) is -0.596. The Balaban J connectivity index is 1.55. The number of amides is 1. The number of carbonyl (C=O) groups excluding carboxylic acids is 1. The maximum atomic E-state index is 12.7. The van der Waals surface area contributed by atoms with Crippen molar-refractivity contribution >= 4 is 21.6 Å². The number of hydrogen-bond donors (Lipinski definition) is 1. The third kappa shape index (κ3) is 5.25. The van der Waals surface area contributed by atoms with Crippen molar-refractivity contribution in [1.82, 2.24) is 19.3 Å². The van der Waals surface area contributed by atoms with Crippen molar-refractivity contribution in [3.05, 3.63) is 41.8 Å². The first-order chi connectivity index (χ1) is 14.2. The van der Waals surface area contributed by atoms with Gasteiger partial charge in [0.15, 0.2) is 0 Å². The molecule has 2 heterocycles. The Morgan fingerprint density at radius 3 is 2.53 bits per heavy atom. The van der Waals surface area contributed by atoms with Gasteiger partial charge in [-0.1, -0.05) is 11.2 Å². The monoisotopic (exact) mass is 435 g/mol. The van der Waals surface area contributed by atoms with Crippen LogP contribution in [0.5, 0.6) is 0 Å². The van der Waals surface area contributed by atoms with Crippen LogP contribution >= 0.6 is 0 Å². The Labute approximate surface area is 177 Å². The summed E-state index contributed by atoms with van der Waals surface area (Å²) in [5.41, 5.74) is 1.38. The second kappa shape index (κ2) is 9.25. The molecule has 3 rings (SSSR count). The fourth-order valence-electron chi connectivity index (χ4n) is 3.39. The average molecular weight is 436 g/mol. The zero-order valence-electron chi connectivity index (χ0n) is 17.8. The van der Waals surface area contributed by atoms with Crippen molar-refractivity contribution in [3.8, 4) is 0 Å². The minimum Gasteiger partial charge on any atom is -0.361 e. The van der Waals surface area contributed by atoms with Gasteiger partial charge in [-0.2, -0.15) is 0 Å². The zero-order valence-corrected chi connectivity index (χ0v) is 18.6. The van der Waals surface area contributed by atoms with Crippen LogP contribution in [0.15, 0.2) is 39.8 Å². The summed E-state index contributed by atoms with van der Waals surface area (Å²) in [4.78, 5) is 17.3. The fraction of sp³-hybridized carbons (Fsp3) is 0.500. The van der Waals surface area contributed by atoms with E-state index in [2.05, 4.69) is 20.3 Å². The summed E-state index contributed by atoms with van der Waals surface area (Å²) in [6.07, 6.45) is 0. The Kier molecular flexibility index (Phi) is 6.91. The van der Waals surface area contributed by atoms with E-state index in [0.29, 0.717) is 5.69 Å². The molecule has 30 heavy (non-hydrogen) atoms. The second-order valence-corrected chi connectivity index (χ2v) is 9.87. The molecule has 0 radical (unpaired) electrons. The molecule has 1 atom stereocenters. The lowest BCUT2D eigenvalue weighted by molar-refractivity contribution is -0.121. The quantitative estimate of drug-likeness (QED) is 0.701. The summed E-state index contributed by atoms with van der Waals surface area (Å²) in [5, 5.41) is 6.88. The number of benzene rings is 1. The van der Waals surface area contributed by atoms with E-state index in [4.69, 9.17) is 4.52 Å². The molecule has 1 aromatic carbocycles. The zero-order chi connectivity index (χ0) is 21.9. The van der Waals surface area contributed by atoms with E-state index >= 15 is 0 Å². The summed E-state index contributed by atoms with van der Waals surface area (Å²) in [6.45, 7) is 7.67. The van der Waals surface area contributed by atoms with E-state index in [1.54, 1.807) is 12.1 Å². The van der Waals surface area contributed by atoms with Gasteiger partial charge in [-0.05, 0) is 32.0 Å². The molecule has 1 aliphatic rings. The number of nitrogens with zero attached hydrogens (tertiary/aromatic N) is 4. The number of nitrogens with one attached hydrogen (secondary N) is 1. The van der Waals surface area contributed by atoms with Crippen LogP contribution in [-0.2, 0) is 21.4 Å². The highest BCUT2D eigenvalue weighted by molar-refractivity contribution is 7.89. The molecule has 1 amide bonds. The first-order valence-corrected chi connectivity index (χ1v) is 11.3. The minimum atomic E-state index is -3.55. The Hall–Kier alpha value is -2.27. The summed E-state index contributed by atoms with van der Waals surface area (Å²) in [6, 6.07) is 7.93. The molecule has 164 valence electrons. The predicted octanol–water partition coefficient (Wildman–Crippen LogP) is 1.38. The number of carbonyl (C=O) groups is 1. The standard InChI is InChI=1S/C20H29N5O4S/c1-15-12-18(22-29-15)14-24-8-10-25(11-9-24)16(2)20(26)21-17-6-5-7-19(13-17)30(27,28)23(3)4/h5-7,12-13,16H,8-11,14H2,1-4H3,(H,21,26). The molecule has 1 saturated heterocycles. The van der Waals surface area contributed by atoms with E-state index in [-0.39, 0.29) is 16.8 Å². The van der Waals surface area contributed by atoms with Crippen LogP contribution in [0.3, 0.4) is 0 Å². The number of hydrogen-bond acceptors (Lipinski definition) is 7. The highest BCUT2D eigenvalue weighted by Gasteiger charge is 2.26. The fourth-order valence-corrected chi connectivity index (χ4v) is 4.34. The third-order valence-corrected chi connectivity index (χ3v) is 7.09. The lowest BCUT2D eigenvalue weighted by atomic mass is 10.2. The molecule has 0 aliphatic carbocycles. The Morgan fingerprint density at radius 1 is 1.23 bits per heavy atom. The van der Waals surface area contributed by atoms with Crippen molar-refractivity contribution < 1.29 is 17.7 Å². The second-order valence-electron chi connectivity index (χ2n) is 7.72. The van der Waals surface area contributed by atoms with Crippen LogP contribution < -0.4 is 5.32 Å². The van der Waals surface area contributed by atoms with E-state index in [1.807, 2.05) is 19.9 Å². The van der Waals surface area contributed by atoms with Gasteiger partial charge in [0.1, 0.15) is 5.76 Å². The molecular formula is C20H29N5O4S. The highest BCUT2D eigenvalue weighted by Crippen LogP contribution is 2.19. The number of aromatic nitrogens is 1. The molecule has 1 aliphatic heterocycles. The summed E-state index contributed by atoms with van der Waals surface area (Å²) >= 11 is 0. The number of sulfonamides is 1. The summed E-state index contributed by atoms with van der Waals surface area (Å²) in [5.74, 6) is 0.645. The topological polar surface area (TPSA) is 99.0 Å². The molecule has 1 unspecified atom stereocenters. The smallest absolute Gasteiger partial charge is 0.242 e. The van der Waals surface area contributed by atoms with E-state index in [9.17, 15) is 13.2 Å². The van der Waals surface area contributed by atoms with Crippen LogP contribution in [0, 0.1) is 6.92 Å². The maximum Gasteiger partial charge on any atom is 0.242 e. The molecule has 0 spiro atoms. The Morgan fingerprint density at radius 2 is 1.93 bits per heavy atom. The van der Waals surface area contributed by atoms with Gasteiger partial charge in [0.25, 0.3) is 0 Å². The first-order valence-electron chi connectivity index (χ1n) is 9.89. The van der Waals surface area contributed by atoms with Crippen LogP contribution in [0.1, 0.15) is 18.4 Å². The molecule has 1 aromatic heterocycles. The maximum absolute atomic E-state index is 12.7. The van der Waals surface area contributed by atoms with Gasteiger partial charge < -0.3 is 9.84 Å². The van der Waals surface area contributed by atoms with Gasteiger partial charge in [0.2, 0.25) is 15.9 Å². The molecule has 10 heteroatoms. The molecule has 2 aromatic rings. The molecule has 1 fully saturated rings. The van der Waals surface area contributed by atoms with Gasteiger partial charge in [-0.3, -0.25) is 14.6 Å². The van der Waals surface area contributed by atoms with Crippen LogP contribution in [0.2, 0.25) is 0 Å². The lowest BCUT2D eigenvalue weighted by Crippen LogP contribution is -2.52. The first kappa shape index (κ1) is 22.4. The molecular weight excluding hydrogens is 406 g/mol. The molecule has 0 bridgehead atoms. The lowest BCUT2D eigenvalue weighted by Gasteiger charge is -2.37. The minimum absolute atomic E-state index is 0.148. The normalized spacial score (nSPS) is 17.2. The van der Waals surface area contributed by atoms with Gasteiger partial charge in [-0.15, -0.1) is 0 Å². The van der Waals surface area contributed by atoms with Crippen molar-refractivity contribution in [3.63, 3.8) is 0 Å². The van der Waals surface area contributed by atoms with Gasteiger partial charge >= 0.3 is 0 Å². The number of rotatable bonds is 7. The van der Waals surface area contributed by atoms with Gasteiger partial charge in [0.05, 0.1) is 16.6 Å². The van der Waals surface area contributed by atoms with Crippen molar-refractivity contribution in [2.24, 2.45) is 0 Å². The van der Waals surface area contributed by atoms with E-state index in [1.165, 1.54) is 26.2 Å². The number of aryl methyl sites for hydroxylation is 1. The largest absolute Gasteiger partial charge is 0.361 e. The predicted molar refractivity (Wildman–Crippen MR) is 113 cm³/mol. The highest BCUT2D eigenvalue weighted by atomic mass is 32.2. The number of anilines is 1. The summed E-state index contributed by atoms with van der Waals surface area (Å²) < 4.78 is 30.9. The van der Waals surface area contributed by atoms with Crippen LogP contribution in [-0.4, -0.2) is 79.9 Å². The average Bonchev–Trinajstić information content (AvgIpc) is 3.12. The van der Waals surface area contributed by atoms with E-state index < -0.39 is 10.0 Å². The third-order valence-electron chi connectivity index (χ3n) is 5.28. The number of piperazine rings is 1. The molecule has 9 nitrogen and oxygen atoms in total.